The van der Waals surface area contributed by atoms with Gasteiger partial charge >= 0.3 is 0 Å². The molecule has 258 valence electrons. The molecule has 12 atom stereocenters. The molecule has 9 heteroatoms. The van der Waals surface area contributed by atoms with E-state index in [0.717, 1.165) is 24.0 Å². The van der Waals surface area contributed by atoms with Crippen molar-refractivity contribution in [1.29, 1.82) is 0 Å². The highest BCUT2D eigenvalue weighted by Crippen LogP contribution is 2.70. The fraction of sp³-hybridized carbons (Fsp3) is 0.811. The first-order valence-corrected chi connectivity index (χ1v) is 17.8. The van der Waals surface area contributed by atoms with Gasteiger partial charge in [0.15, 0.2) is 5.78 Å². The largest absolute Gasteiger partial charge is 0.396 e. The number of ether oxygens (including phenoxy) is 1. The summed E-state index contributed by atoms with van der Waals surface area (Å²) in [6.07, 6.45) is 10.7. The van der Waals surface area contributed by atoms with Crippen molar-refractivity contribution >= 4 is 5.78 Å². The molecular weight excluding hydrogens is 584 g/mol. The Labute approximate surface area is 274 Å². The number of dihydropyridines is 1. The molecule has 12 unspecified atom stereocenters. The number of nitrogens with one attached hydrogen (secondary N) is 1. The first-order valence-electron chi connectivity index (χ1n) is 17.8. The van der Waals surface area contributed by atoms with Crippen molar-refractivity contribution in [3.05, 3.63) is 35.2 Å². The van der Waals surface area contributed by atoms with Crippen molar-refractivity contribution in [1.82, 2.24) is 5.32 Å². The van der Waals surface area contributed by atoms with Crippen LogP contribution in [-0.2, 0) is 9.53 Å². The molecule has 8 N–H and O–H groups in total. The number of ketones is 1. The molecule has 0 spiro atoms. The molecule has 0 radical (unpaired) electrons. The van der Waals surface area contributed by atoms with Gasteiger partial charge in [0, 0.05) is 23.3 Å². The molecule has 4 aliphatic carbocycles. The third kappa shape index (κ3) is 4.89. The molecule has 0 aromatic rings. The number of epoxide rings is 1. The van der Waals surface area contributed by atoms with Gasteiger partial charge in [0.05, 0.1) is 35.3 Å². The van der Waals surface area contributed by atoms with Gasteiger partial charge in [-0.3, -0.25) is 4.79 Å². The minimum atomic E-state index is -1.43. The summed E-state index contributed by atoms with van der Waals surface area (Å²) in [5.74, 6) is 0.148. The van der Waals surface area contributed by atoms with Crippen LogP contribution in [0, 0.1) is 34.0 Å². The van der Waals surface area contributed by atoms with Crippen molar-refractivity contribution in [3.8, 4) is 0 Å². The molecule has 0 amide bonds. The Kier molecular flexibility index (Phi) is 8.47. The third-order valence-electron chi connectivity index (χ3n) is 14.4. The zero-order valence-electron chi connectivity index (χ0n) is 28.5. The maximum absolute atomic E-state index is 13.6. The molecule has 3 saturated carbocycles. The lowest BCUT2D eigenvalue weighted by molar-refractivity contribution is -0.157. The van der Waals surface area contributed by atoms with Crippen LogP contribution in [0.25, 0.3) is 0 Å². The van der Waals surface area contributed by atoms with E-state index in [2.05, 4.69) is 25.2 Å². The van der Waals surface area contributed by atoms with Crippen LogP contribution in [0.2, 0.25) is 0 Å². The van der Waals surface area contributed by atoms with Gasteiger partial charge in [-0.2, -0.15) is 0 Å². The Morgan fingerprint density at radius 3 is 2.46 bits per heavy atom. The van der Waals surface area contributed by atoms with E-state index in [9.17, 15) is 30.3 Å². The quantitative estimate of drug-likeness (QED) is 0.177. The lowest BCUT2D eigenvalue weighted by Crippen LogP contribution is -2.62. The minimum Gasteiger partial charge on any atom is -0.396 e. The smallest absolute Gasteiger partial charge is 0.159 e. The van der Waals surface area contributed by atoms with Gasteiger partial charge in [-0.1, -0.05) is 40.2 Å². The number of allylic oxidation sites excluding steroid dienone is 3. The van der Waals surface area contributed by atoms with E-state index >= 15 is 0 Å². The van der Waals surface area contributed by atoms with Crippen LogP contribution >= 0.6 is 0 Å². The molecule has 0 aromatic carbocycles. The van der Waals surface area contributed by atoms with Gasteiger partial charge in [0.1, 0.15) is 12.2 Å². The summed E-state index contributed by atoms with van der Waals surface area (Å²) in [5.41, 5.74) is 1.99. The molecule has 2 heterocycles. The second kappa shape index (κ2) is 11.4. The van der Waals surface area contributed by atoms with Crippen LogP contribution in [0.1, 0.15) is 105 Å². The van der Waals surface area contributed by atoms with Gasteiger partial charge < -0.3 is 41.3 Å². The number of hydrogen-bond acceptors (Lipinski definition) is 9. The lowest BCUT2D eigenvalue weighted by Gasteiger charge is -2.60. The summed E-state index contributed by atoms with van der Waals surface area (Å²) in [6, 6.07) is 0. The summed E-state index contributed by atoms with van der Waals surface area (Å²) < 4.78 is 6.31. The number of nitrogens with two attached hydrogens (primary N) is 1. The van der Waals surface area contributed by atoms with Gasteiger partial charge in [-0.05, 0) is 112 Å². The van der Waals surface area contributed by atoms with Crippen LogP contribution in [-0.4, -0.2) is 79.6 Å². The zero-order valence-corrected chi connectivity index (χ0v) is 28.5. The standard InChI is InChI=1S/C37H58N2O7/c1-6-12-36(44,31-30(46-31)35(5,43)32(2,21-40)13-7-22-11-17-39-29(38)18-22)28-10-16-37(45)25-20-27(42)26-19-23(41)8-14-33(26,3)24(25)9-15-34(28,37)4/h11,18,20,23-24,26,28,30-31,39-41,43-45H,6-10,12-17,19,21,38H2,1-5H3. The molecule has 6 aliphatic rings. The number of fused-ring (bicyclic) bond motifs is 5. The van der Waals surface area contributed by atoms with Crippen LogP contribution in [0.3, 0.4) is 0 Å². The summed E-state index contributed by atoms with van der Waals surface area (Å²) in [6.45, 7) is 10.3. The third-order valence-corrected chi connectivity index (χ3v) is 14.4. The maximum atomic E-state index is 13.6. The number of rotatable bonds is 10. The first-order chi connectivity index (χ1) is 21.5. The summed E-state index contributed by atoms with van der Waals surface area (Å²) in [7, 11) is 0. The van der Waals surface area contributed by atoms with Crippen LogP contribution in [0.15, 0.2) is 35.2 Å². The normalized spacial score (nSPS) is 44.1. The van der Waals surface area contributed by atoms with E-state index in [0.29, 0.717) is 70.2 Å². The van der Waals surface area contributed by atoms with E-state index in [1.54, 1.807) is 13.0 Å². The molecule has 0 bridgehead atoms. The fourth-order valence-electron chi connectivity index (χ4n) is 11.0. The van der Waals surface area contributed by atoms with Gasteiger partial charge in [-0.15, -0.1) is 0 Å². The Hall–Kier alpha value is -1.75. The van der Waals surface area contributed by atoms with Crippen LogP contribution in [0.5, 0.6) is 0 Å². The highest BCUT2D eigenvalue weighted by Gasteiger charge is 2.73. The number of hydrogen-bond donors (Lipinski definition) is 7. The van der Waals surface area contributed by atoms with Crippen molar-refractivity contribution in [2.45, 2.75) is 140 Å². The highest BCUT2D eigenvalue weighted by molar-refractivity contribution is 5.95. The van der Waals surface area contributed by atoms with Crippen molar-refractivity contribution in [3.63, 3.8) is 0 Å². The van der Waals surface area contributed by atoms with Crippen molar-refractivity contribution < 1.29 is 35.1 Å². The van der Waals surface area contributed by atoms with E-state index in [1.807, 2.05) is 19.9 Å². The second-order valence-corrected chi connectivity index (χ2v) is 16.8. The summed E-state index contributed by atoms with van der Waals surface area (Å²) in [4.78, 5) is 13.6. The Balaban J connectivity index is 1.26. The average Bonchev–Trinajstić information content (AvgIpc) is 3.77. The van der Waals surface area contributed by atoms with Gasteiger partial charge in [-0.25, -0.2) is 0 Å². The van der Waals surface area contributed by atoms with Gasteiger partial charge in [0.2, 0.25) is 0 Å². The molecule has 6 rings (SSSR count). The van der Waals surface area contributed by atoms with Crippen LogP contribution in [0.4, 0.5) is 0 Å². The SMILES string of the molecule is CCCC(O)(C1OC1C(C)(O)C(C)(CO)CCC1=CCNC(N)=C1)C1CCC2(O)C3=CC(=O)C4CC(O)CCC4(C)C3CCC12C. The Morgan fingerprint density at radius 1 is 1.04 bits per heavy atom. The van der Waals surface area contributed by atoms with E-state index in [-0.39, 0.29) is 35.6 Å². The number of aliphatic hydroxyl groups is 5. The zero-order chi connectivity index (χ0) is 33.5. The fourth-order valence-corrected chi connectivity index (χ4v) is 11.0. The number of carbonyl (C=O) groups is 1. The molecule has 1 saturated heterocycles. The maximum Gasteiger partial charge on any atom is 0.159 e. The molecule has 46 heavy (non-hydrogen) atoms. The second-order valence-electron chi connectivity index (χ2n) is 16.8. The first kappa shape index (κ1) is 34.1. The lowest BCUT2D eigenvalue weighted by atomic mass is 9.45. The van der Waals surface area contributed by atoms with E-state index < -0.39 is 45.9 Å². The topological polar surface area (TPSA) is 169 Å². The van der Waals surface area contributed by atoms with Crippen molar-refractivity contribution in [2.75, 3.05) is 13.2 Å². The number of carbonyl (C=O) groups excluding carboxylic acids is 1. The summed E-state index contributed by atoms with van der Waals surface area (Å²) in [5, 5.41) is 61.7. The Morgan fingerprint density at radius 2 is 1.78 bits per heavy atom. The van der Waals surface area contributed by atoms with Gasteiger partial charge in [0.25, 0.3) is 0 Å². The predicted molar refractivity (Wildman–Crippen MR) is 175 cm³/mol. The molecule has 0 aromatic heterocycles. The highest BCUT2D eigenvalue weighted by atomic mass is 16.6. The molecule has 9 nitrogen and oxygen atoms in total. The predicted octanol–water partition coefficient (Wildman–Crippen LogP) is 3.38. The van der Waals surface area contributed by atoms with E-state index in [1.165, 1.54) is 0 Å². The molecule has 4 fully saturated rings. The summed E-state index contributed by atoms with van der Waals surface area (Å²) >= 11 is 0. The molecule has 2 aliphatic heterocycles. The number of aliphatic hydroxyl groups excluding tert-OH is 2. The Bertz CT molecular complexity index is 1330. The van der Waals surface area contributed by atoms with E-state index in [4.69, 9.17) is 10.5 Å². The average molecular weight is 643 g/mol. The van der Waals surface area contributed by atoms with Crippen molar-refractivity contribution in [2.24, 2.45) is 39.7 Å². The minimum absolute atomic E-state index is 0.0146. The molecular formula is C37H58N2O7. The monoisotopic (exact) mass is 642 g/mol. The van der Waals surface area contributed by atoms with Crippen LogP contribution < -0.4 is 11.1 Å².